The second-order valence-electron chi connectivity index (χ2n) is 17.0. The first-order valence-corrected chi connectivity index (χ1v) is 27.9. The first-order valence-electron chi connectivity index (χ1n) is 26.4. The Balaban J connectivity index is 4.16. The predicted molar refractivity (Wildman–Crippen MR) is 284 cm³/mol. The molecule has 0 saturated heterocycles. The molecule has 0 rings (SSSR count). The predicted octanol–water partition coefficient (Wildman–Crippen LogP) is 16.3. The lowest BCUT2D eigenvalue weighted by Gasteiger charge is -2.19. The lowest BCUT2D eigenvalue weighted by molar-refractivity contribution is -0.161. The molecule has 10 heteroatoms. The Morgan fingerprint density at radius 1 is 0.463 bits per heavy atom. The summed E-state index contributed by atoms with van der Waals surface area (Å²) in [5.74, 6) is -0.906. The van der Waals surface area contributed by atoms with E-state index < -0.39 is 32.5 Å². The maximum absolute atomic E-state index is 12.6. The third kappa shape index (κ3) is 51.9. The highest BCUT2D eigenvalue weighted by atomic mass is 31.2. The Labute approximate surface area is 409 Å². The third-order valence-corrected chi connectivity index (χ3v) is 11.6. The van der Waals surface area contributed by atoms with Crippen molar-refractivity contribution in [2.75, 3.05) is 26.4 Å². The van der Waals surface area contributed by atoms with E-state index in [0.29, 0.717) is 12.8 Å². The summed E-state index contributed by atoms with van der Waals surface area (Å²) in [5.41, 5.74) is 5.37. The molecule has 0 spiro atoms. The molecule has 0 aromatic carbocycles. The van der Waals surface area contributed by atoms with E-state index in [9.17, 15) is 19.0 Å². The van der Waals surface area contributed by atoms with Crippen LogP contribution in [-0.4, -0.2) is 49.3 Å². The highest BCUT2D eigenvalue weighted by molar-refractivity contribution is 7.47. The molecule has 0 radical (unpaired) electrons. The SMILES string of the molecule is CC/C=C\C/C=C\C/C=C\C/C=C\C/C=C\C/C=C\C/C=C\CCCC(=O)OC(COC(=O)CCCCCCCCCCCCC/C=C\C/C=C\CCCCCCC)COP(=O)(O)OCCN. The number of hydrogen-bond acceptors (Lipinski definition) is 8. The van der Waals surface area contributed by atoms with Gasteiger partial charge >= 0.3 is 19.8 Å². The quantitative estimate of drug-likeness (QED) is 0.0264. The zero-order valence-corrected chi connectivity index (χ0v) is 43.2. The van der Waals surface area contributed by atoms with E-state index in [-0.39, 0.29) is 32.6 Å². The van der Waals surface area contributed by atoms with Gasteiger partial charge in [0.15, 0.2) is 6.10 Å². The van der Waals surface area contributed by atoms with Gasteiger partial charge in [0.25, 0.3) is 0 Å². The van der Waals surface area contributed by atoms with Gasteiger partial charge in [0.1, 0.15) is 6.61 Å². The molecule has 0 aromatic rings. The van der Waals surface area contributed by atoms with Crippen molar-refractivity contribution in [1.82, 2.24) is 0 Å². The molecule has 0 aliphatic carbocycles. The largest absolute Gasteiger partial charge is 0.472 e. The fourth-order valence-electron chi connectivity index (χ4n) is 6.77. The molecule has 2 unspecified atom stereocenters. The van der Waals surface area contributed by atoms with Crippen LogP contribution in [0, 0.1) is 0 Å². The van der Waals surface area contributed by atoms with Crippen LogP contribution in [0.5, 0.6) is 0 Å². The minimum absolute atomic E-state index is 0.0380. The number of hydrogen-bond donors (Lipinski definition) is 2. The van der Waals surface area contributed by atoms with Crippen molar-refractivity contribution in [2.45, 2.75) is 213 Å². The molecular weight excluding hydrogens is 858 g/mol. The number of nitrogens with two attached hydrogens (primary N) is 1. The number of esters is 2. The van der Waals surface area contributed by atoms with E-state index in [1.165, 1.54) is 89.9 Å². The number of carbonyl (C=O) groups is 2. The summed E-state index contributed by atoms with van der Waals surface area (Å²) in [7, 11) is -4.41. The highest BCUT2D eigenvalue weighted by Gasteiger charge is 2.26. The Kier molecular flexibility index (Phi) is 49.5. The lowest BCUT2D eigenvalue weighted by atomic mass is 10.0. The van der Waals surface area contributed by atoms with Crippen LogP contribution >= 0.6 is 7.82 Å². The molecule has 0 amide bonds. The van der Waals surface area contributed by atoms with Gasteiger partial charge in [-0.05, 0) is 96.3 Å². The van der Waals surface area contributed by atoms with Crippen LogP contribution in [0.2, 0.25) is 0 Å². The molecular formula is C57H96NO8P. The van der Waals surface area contributed by atoms with Crippen LogP contribution < -0.4 is 5.73 Å². The summed E-state index contributed by atoms with van der Waals surface area (Å²) in [6.07, 6.45) is 69.9. The second-order valence-corrected chi connectivity index (χ2v) is 18.5. The molecule has 382 valence electrons. The van der Waals surface area contributed by atoms with Crippen molar-refractivity contribution < 1.29 is 37.6 Å². The Hall–Kier alpha value is -3.33. The van der Waals surface area contributed by atoms with Gasteiger partial charge in [-0.3, -0.25) is 18.6 Å². The Bertz CT molecular complexity index is 1460. The summed E-state index contributed by atoms with van der Waals surface area (Å²) in [6, 6.07) is 0. The average molecular weight is 954 g/mol. The minimum atomic E-state index is -4.41. The zero-order valence-electron chi connectivity index (χ0n) is 42.3. The Morgan fingerprint density at radius 3 is 1.27 bits per heavy atom. The maximum Gasteiger partial charge on any atom is 0.472 e. The number of rotatable bonds is 48. The summed E-state index contributed by atoms with van der Waals surface area (Å²) in [6.45, 7) is 3.54. The first-order chi connectivity index (χ1) is 32.8. The molecule has 0 heterocycles. The third-order valence-electron chi connectivity index (χ3n) is 10.6. The normalized spacial score (nSPS) is 14.0. The topological polar surface area (TPSA) is 134 Å². The zero-order chi connectivity index (χ0) is 48.8. The summed E-state index contributed by atoms with van der Waals surface area (Å²) < 4.78 is 32.9. The van der Waals surface area contributed by atoms with E-state index in [4.69, 9.17) is 24.3 Å². The molecule has 0 aliphatic heterocycles. The van der Waals surface area contributed by atoms with Gasteiger partial charge in [0.05, 0.1) is 13.2 Å². The van der Waals surface area contributed by atoms with Crippen LogP contribution in [-0.2, 0) is 32.7 Å². The van der Waals surface area contributed by atoms with Gasteiger partial charge < -0.3 is 20.1 Å². The monoisotopic (exact) mass is 954 g/mol. The smallest absolute Gasteiger partial charge is 0.462 e. The van der Waals surface area contributed by atoms with E-state index in [1.807, 2.05) is 6.08 Å². The summed E-state index contributed by atoms with van der Waals surface area (Å²) >= 11 is 0. The second kappa shape index (κ2) is 52.0. The maximum atomic E-state index is 12.6. The van der Waals surface area contributed by atoms with Gasteiger partial charge in [0.2, 0.25) is 0 Å². The number of carbonyl (C=O) groups excluding carboxylic acids is 2. The molecule has 0 aliphatic rings. The average Bonchev–Trinajstić information content (AvgIpc) is 3.32. The van der Waals surface area contributed by atoms with Gasteiger partial charge in [-0.2, -0.15) is 0 Å². The molecule has 2 atom stereocenters. The molecule has 0 bridgehead atoms. The number of unbranched alkanes of at least 4 members (excludes halogenated alkanes) is 17. The number of phosphoric ester groups is 1. The number of allylic oxidation sites excluding steroid dienone is 18. The van der Waals surface area contributed by atoms with Crippen molar-refractivity contribution >= 4 is 19.8 Å². The number of ether oxygens (including phenoxy) is 2. The van der Waals surface area contributed by atoms with E-state index in [0.717, 1.165) is 77.0 Å². The van der Waals surface area contributed by atoms with Gasteiger partial charge in [-0.25, -0.2) is 4.57 Å². The van der Waals surface area contributed by atoms with Crippen molar-refractivity contribution in [3.63, 3.8) is 0 Å². The van der Waals surface area contributed by atoms with E-state index in [1.54, 1.807) is 0 Å². The highest BCUT2D eigenvalue weighted by Crippen LogP contribution is 2.43. The standard InChI is InChI=1S/C57H96NO8P/c1-3-5-7-9-11-13-15-17-19-21-23-25-27-29-31-33-35-37-39-41-43-45-47-49-56(59)63-53-55(54-65-67(61,62)64-52-51-58)66-57(60)50-48-46-44-42-40-38-36-34-32-30-28-26-24-22-20-18-16-14-12-10-8-6-4-2/h6,8,12,14-15,17-18,20-21,23-24,26,30,32,36,38,42,44,55H,3-5,7,9-11,13,16,19,22,25,27-29,31,33-35,37,39-41,43,45-54,58H2,1-2H3,(H,61,62)/b8-6-,14-12-,17-15-,20-18-,23-21-,26-24-,32-30-,38-36-,44-42-. The lowest BCUT2D eigenvalue weighted by Crippen LogP contribution is -2.29. The van der Waals surface area contributed by atoms with Gasteiger partial charge in [-0.15, -0.1) is 0 Å². The van der Waals surface area contributed by atoms with Crippen LogP contribution in [0.25, 0.3) is 0 Å². The number of phosphoric acid groups is 1. The Morgan fingerprint density at radius 2 is 0.836 bits per heavy atom. The van der Waals surface area contributed by atoms with Crippen LogP contribution in [0.4, 0.5) is 0 Å². The molecule has 0 saturated carbocycles. The van der Waals surface area contributed by atoms with Crippen molar-refractivity contribution in [3.05, 3.63) is 109 Å². The van der Waals surface area contributed by atoms with E-state index >= 15 is 0 Å². The van der Waals surface area contributed by atoms with Crippen molar-refractivity contribution in [1.29, 1.82) is 0 Å². The van der Waals surface area contributed by atoms with Crippen molar-refractivity contribution in [3.8, 4) is 0 Å². The van der Waals surface area contributed by atoms with Crippen LogP contribution in [0.15, 0.2) is 109 Å². The summed E-state index contributed by atoms with van der Waals surface area (Å²) in [4.78, 5) is 35.1. The summed E-state index contributed by atoms with van der Waals surface area (Å²) in [5, 5.41) is 0. The molecule has 0 aromatic heterocycles. The molecule has 0 fully saturated rings. The molecule has 9 nitrogen and oxygen atoms in total. The first kappa shape index (κ1) is 63.7. The minimum Gasteiger partial charge on any atom is -0.462 e. The van der Waals surface area contributed by atoms with Gasteiger partial charge in [0, 0.05) is 19.4 Å². The molecule has 67 heavy (non-hydrogen) atoms. The van der Waals surface area contributed by atoms with Crippen LogP contribution in [0.1, 0.15) is 206 Å². The fourth-order valence-corrected chi connectivity index (χ4v) is 7.54. The molecule has 3 N–H and O–H groups in total. The van der Waals surface area contributed by atoms with E-state index in [2.05, 4.69) is 117 Å². The van der Waals surface area contributed by atoms with Crippen molar-refractivity contribution in [2.24, 2.45) is 5.73 Å². The fraction of sp³-hybridized carbons (Fsp3) is 0.649. The van der Waals surface area contributed by atoms with Gasteiger partial charge in [-0.1, -0.05) is 207 Å². The van der Waals surface area contributed by atoms with Crippen LogP contribution in [0.3, 0.4) is 0 Å².